The summed E-state index contributed by atoms with van der Waals surface area (Å²) in [5.74, 6) is 0. The van der Waals surface area contributed by atoms with Gasteiger partial charge in [-0.25, -0.2) is 14.1 Å². The quantitative estimate of drug-likeness (QED) is 0.762. The molecule has 6 nitrogen and oxygen atoms in total. The summed E-state index contributed by atoms with van der Waals surface area (Å²) in [4.78, 5) is 16.1. The van der Waals surface area contributed by atoms with E-state index >= 15 is 0 Å². The molecule has 2 amide bonds. The number of fused-ring (bicyclic) bond motifs is 3. The monoisotopic (exact) mass is 430 g/mol. The zero-order valence-corrected chi connectivity index (χ0v) is 18.3. The van der Waals surface area contributed by atoms with E-state index in [0.717, 1.165) is 63.7 Å². The topological polar surface area (TPSA) is 87.8 Å². The normalized spacial score (nSPS) is 19.9. The van der Waals surface area contributed by atoms with Crippen LogP contribution < -0.4 is 10.5 Å². The van der Waals surface area contributed by atoms with Crippen LogP contribution in [0.3, 0.4) is 0 Å². The molecule has 0 saturated carbocycles. The number of nitrogens with two attached hydrogens (primary N) is 1. The fourth-order valence-electron chi connectivity index (χ4n) is 4.83. The number of anilines is 1. The number of nitrogens with one attached hydrogen (secondary N) is 1. The molecule has 3 aliphatic rings. The maximum absolute atomic E-state index is 13.1. The second-order valence-corrected chi connectivity index (χ2v) is 11.5. The highest BCUT2D eigenvalue weighted by Gasteiger charge is 2.26. The highest BCUT2D eigenvalue weighted by Crippen LogP contribution is 2.39. The minimum absolute atomic E-state index is 0.497. The summed E-state index contributed by atoms with van der Waals surface area (Å²) in [7, 11) is -1.19. The molecule has 0 unspecified atom stereocenters. The molecule has 0 radical (unpaired) electrons. The first-order chi connectivity index (χ1) is 13.9. The number of nitrogens with zero attached hydrogens (tertiary/aromatic N) is 2. The number of hydrogen-bond donors (Lipinski definition) is 2. The molecular formula is C21H26N4O2S2. The summed E-state index contributed by atoms with van der Waals surface area (Å²) in [5.41, 5.74) is 7.22. The summed E-state index contributed by atoms with van der Waals surface area (Å²) in [6.07, 6.45) is 7.20. The lowest BCUT2D eigenvalue weighted by atomic mass is 9.99. The first kappa shape index (κ1) is 19.2. The van der Waals surface area contributed by atoms with E-state index in [1.54, 1.807) is 0 Å². The van der Waals surface area contributed by atoms with Gasteiger partial charge in [-0.15, -0.1) is 15.7 Å². The molecule has 1 aliphatic heterocycles. The summed E-state index contributed by atoms with van der Waals surface area (Å²) < 4.78 is 17.5. The molecule has 2 aliphatic carbocycles. The van der Waals surface area contributed by atoms with E-state index < -0.39 is 15.9 Å². The van der Waals surface area contributed by atoms with Crippen LogP contribution in [-0.2, 0) is 48.6 Å². The molecule has 0 saturated heterocycles. The van der Waals surface area contributed by atoms with E-state index in [2.05, 4.69) is 27.7 Å². The van der Waals surface area contributed by atoms with Crippen LogP contribution in [0.2, 0.25) is 0 Å². The Kier molecular flexibility index (Phi) is 4.77. The highest BCUT2D eigenvalue weighted by atomic mass is 32.2. The van der Waals surface area contributed by atoms with Crippen LogP contribution in [0.15, 0.2) is 20.7 Å². The molecule has 154 valence electrons. The van der Waals surface area contributed by atoms with Gasteiger partial charge in [0.25, 0.3) is 0 Å². The van der Waals surface area contributed by atoms with Gasteiger partial charge in [-0.1, -0.05) is 6.07 Å². The average molecular weight is 431 g/mol. The van der Waals surface area contributed by atoms with Crippen molar-refractivity contribution >= 4 is 33.0 Å². The van der Waals surface area contributed by atoms with Gasteiger partial charge < -0.3 is 10.2 Å². The number of amides is 2. The van der Waals surface area contributed by atoms with Crippen molar-refractivity contribution in [2.45, 2.75) is 55.7 Å². The second kappa shape index (κ2) is 7.19. The zero-order chi connectivity index (χ0) is 20.2. The Morgan fingerprint density at radius 3 is 2.48 bits per heavy atom. The van der Waals surface area contributed by atoms with E-state index in [9.17, 15) is 9.00 Å². The van der Waals surface area contributed by atoms with Crippen LogP contribution in [0.1, 0.15) is 45.5 Å². The maximum Gasteiger partial charge on any atom is 0.354 e. The molecule has 0 bridgehead atoms. The molecule has 1 atom stereocenters. The number of carbonyl (C=O) groups excluding carboxylic acids is 1. The van der Waals surface area contributed by atoms with Crippen molar-refractivity contribution in [2.24, 2.45) is 9.50 Å². The van der Waals surface area contributed by atoms with Crippen molar-refractivity contribution in [3.63, 3.8) is 0 Å². The standard InChI is InChI=1S/C21H26N4O2S2/c1-25-9-8-15-11-19(28-18(15)12-25)29(22,27)24-21(26)23-20-16-6-2-4-13(16)10-14-5-3-7-17(14)20/h10-11H,2-9,12H2,1H3,(H3,22,23,24,26,27)/t29-/m1/s1. The van der Waals surface area contributed by atoms with Crippen LogP contribution in [-0.4, -0.2) is 28.7 Å². The molecule has 0 fully saturated rings. The largest absolute Gasteiger partial charge is 0.354 e. The van der Waals surface area contributed by atoms with Gasteiger partial charge in [-0.2, -0.15) is 0 Å². The molecule has 3 N–H and O–H groups in total. The Morgan fingerprint density at radius 2 is 1.79 bits per heavy atom. The van der Waals surface area contributed by atoms with Crippen LogP contribution in [0.5, 0.6) is 0 Å². The maximum atomic E-state index is 13.1. The fourth-order valence-corrected chi connectivity index (χ4v) is 7.43. The zero-order valence-electron chi connectivity index (χ0n) is 16.6. The van der Waals surface area contributed by atoms with Crippen molar-refractivity contribution in [3.8, 4) is 0 Å². The predicted octanol–water partition coefficient (Wildman–Crippen LogP) is 3.65. The number of likely N-dealkylation sites (N-methyl/N-ethyl adjacent to an activating group) is 1. The van der Waals surface area contributed by atoms with Crippen LogP contribution >= 0.6 is 11.3 Å². The summed E-state index contributed by atoms with van der Waals surface area (Å²) in [5, 5.41) is 9.03. The lowest BCUT2D eigenvalue weighted by Crippen LogP contribution is -2.24. The second-order valence-electron chi connectivity index (χ2n) is 8.33. The lowest BCUT2D eigenvalue weighted by Gasteiger charge is -2.21. The van der Waals surface area contributed by atoms with E-state index in [4.69, 9.17) is 5.14 Å². The third-order valence-electron chi connectivity index (χ3n) is 6.26. The Hall–Kier alpha value is -1.74. The number of urea groups is 1. The van der Waals surface area contributed by atoms with Crippen LogP contribution in [0.4, 0.5) is 10.5 Å². The first-order valence-electron chi connectivity index (χ1n) is 10.2. The van der Waals surface area contributed by atoms with Crippen molar-refractivity contribution in [2.75, 3.05) is 18.9 Å². The fraction of sp³-hybridized carbons (Fsp3) is 0.476. The summed E-state index contributed by atoms with van der Waals surface area (Å²) in [6.45, 7) is 1.79. The van der Waals surface area contributed by atoms with E-state index in [1.807, 2.05) is 6.07 Å². The van der Waals surface area contributed by atoms with Crippen molar-refractivity contribution in [1.29, 1.82) is 0 Å². The number of aryl methyl sites for hydroxylation is 2. The molecular weight excluding hydrogens is 404 g/mol. The Labute approximate surface area is 175 Å². The third kappa shape index (κ3) is 3.52. The summed E-state index contributed by atoms with van der Waals surface area (Å²) in [6, 6.07) is 3.59. The van der Waals surface area contributed by atoms with Crippen molar-refractivity contribution < 1.29 is 9.00 Å². The smallest absolute Gasteiger partial charge is 0.305 e. The molecule has 8 heteroatoms. The average Bonchev–Trinajstić information content (AvgIpc) is 3.39. The van der Waals surface area contributed by atoms with Gasteiger partial charge in [0.1, 0.15) is 4.21 Å². The van der Waals surface area contributed by atoms with Gasteiger partial charge in [0, 0.05) is 23.7 Å². The summed E-state index contributed by atoms with van der Waals surface area (Å²) >= 11 is 1.42. The minimum atomic E-state index is -3.26. The number of benzene rings is 1. The van der Waals surface area contributed by atoms with E-state index in [0.29, 0.717) is 4.21 Å². The first-order valence-corrected chi connectivity index (χ1v) is 12.6. The van der Waals surface area contributed by atoms with Gasteiger partial charge in [0.15, 0.2) is 9.92 Å². The van der Waals surface area contributed by atoms with E-state index in [-0.39, 0.29) is 0 Å². The Bertz CT molecular complexity index is 1100. The highest BCUT2D eigenvalue weighted by molar-refractivity contribution is 7.93. The van der Waals surface area contributed by atoms with E-state index in [1.165, 1.54) is 44.0 Å². The molecule has 2 heterocycles. The van der Waals surface area contributed by atoms with Crippen molar-refractivity contribution in [3.05, 3.63) is 44.8 Å². The molecule has 1 aromatic heterocycles. The van der Waals surface area contributed by atoms with Gasteiger partial charge in [-0.3, -0.25) is 0 Å². The molecule has 5 rings (SSSR count). The third-order valence-corrected chi connectivity index (χ3v) is 9.32. The van der Waals surface area contributed by atoms with Crippen molar-refractivity contribution in [1.82, 2.24) is 4.90 Å². The van der Waals surface area contributed by atoms with Gasteiger partial charge >= 0.3 is 6.03 Å². The van der Waals surface area contributed by atoms with Crippen LogP contribution in [0.25, 0.3) is 0 Å². The van der Waals surface area contributed by atoms with Gasteiger partial charge in [0.05, 0.1) is 0 Å². The SMILES string of the molecule is CN1CCc2cc([S@](N)(=O)=NC(=O)Nc3c4c(cc5c3CCC5)CCC4)sc2C1. The van der Waals surface area contributed by atoms with Gasteiger partial charge in [0.2, 0.25) is 0 Å². The molecule has 0 spiro atoms. The molecule has 2 aromatic rings. The molecule has 29 heavy (non-hydrogen) atoms. The lowest BCUT2D eigenvalue weighted by molar-refractivity contribution is 0.260. The van der Waals surface area contributed by atoms with Crippen LogP contribution in [0, 0.1) is 0 Å². The minimum Gasteiger partial charge on any atom is -0.305 e. The number of rotatable bonds is 2. The number of thiophene rings is 1. The Morgan fingerprint density at radius 1 is 1.10 bits per heavy atom. The Balaban J connectivity index is 1.45. The number of hydrogen-bond acceptors (Lipinski definition) is 4. The van der Waals surface area contributed by atoms with Gasteiger partial charge in [-0.05, 0) is 85.9 Å². The predicted molar refractivity (Wildman–Crippen MR) is 117 cm³/mol. The number of carbonyl (C=O) groups is 1. The molecule has 1 aromatic carbocycles.